The number of hydrogen-bond donors (Lipinski definition) is 0. The normalized spacial score (nSPS) is 9.50. The largest absolute Gasteiger partial charge is 0.462 e. The van der Waals surface area contributed by atoms with Crippen molar-refractivity contribution in [1.82, 2.24) is 0 Å². The minimum atomic E-state index is -0.282. The molecule has 0 bridgehead atoms. The summed E-state index contributed by atoms with van der Waals surface area (Å²) in [6.07, 6.45) is 5.22. The van der Waals surface area contributed by atoms with Crippen molar-refractivity contribution in [3.8, 4) is 0 Å². The van der Waals surface area contributed by atoms with Gasteiger partial charge in [0, 0.05) is 5.57 Å². The number of hydrogen-bond acceptors (Lipinski definition) is 2. The van der Waals surface area contributed by atoms with E-state index in [9.17, 15) is 4.79 Å². The highest BCUT2D eigenvalue weighted by molar-refractivity contribution is 5.86. The topological polar surface area (TPSA) is 26.3 Å². The second-order valence-corrected chi connectivity index (χ2v) is 2.82. The van der Waals surface area contributed by atoms with Crippen LogP contribution in [-0.2, 0) is 9.53 Å². The average Bonchev–Trinajstić information content (AvgIpc) is 2.03. The molecule has 0 aromatic rings. The number of esters is 1. The van der Waals surface area contributed by atoms with Crippen molar-refractivity contribution in [3.63, 3.8) is 0 Å². The van der Waals surface area contributed by atoms with Gasteiger partial charge in [-0.3, -0.25) is 0 Å². The standard InChI is InChI=1S/C10H17O2/c1-4-5-6-7-8-12-10(11)9(2)3/h4H,2,5-8H2,1,3H3. The zero-order valence-electron chi connectivity index (χ0n) is 7.93. The first-order valence-corrected chi connectivity index (χ1v) is 4.29. The Morgan fingerprint density at radius 1 is 1.50 bits per heavy atom. The summed E-state index contributed by atoms with van der Waals surface area (Å²) in [6.45, 7) is 7.69. The second kappa shape index (κ2) is 6.89. The Kier molecular flexibility index (Phi) is 6.44. The molecule has 12 heavy (non-hydrogen) atoms. The Morgan fingerprint density at radius 3 is 2.67 bits per heavy atom. The highest BCUT2D eigenvalue weighted by Gasteiger charge is 2.00. The molecule has 0 rings (SSSR count). The molecule has 0 aliphatic rings. The molecule has 0 unspecified atom stereocenters. The zero-order valence-corrected chi connectivity index (χ0v) is 7.93. The molecule has 69 valence electrons. The third-order valence-electron chi connectivity index (χ3n) is 1.47. The maximum absolute atomic E-state index is 10.8. The molecule has 0 spiro atoms. The molecule has 0 heterocycles. The Bertz CT molecular complexity index is 150. The number of unbranched alkanes of at least 4 members (excludes halogenated alkanes) is 3. The predicted molar refractivity (Wildman–Crippen MR) is 49.6 cm³/mol. The van der Waals surface area contributed by atoms with Crippen molar-refractivity contribution in [2.75, 3.05) is 6.61 Å². The highest BCUT2D eigenvalue weighted by atomic mass is 16.5. The van der Waals surface area contributed by atoms with Crippen LogP contribution in [0.2, 0.25) is 0 Å². The fourth-order valence-electron chi connectivity index (χ4n) is 0.739. The van der Waals surface area contributed by atoms with Crippen molar-refractivity contribution in [1.29, 1.82) is 0 Å². The van der Waals surface area contributed by atoms with E-state index in [0.29, 0.717) is 12.2 Å². The first-order valence-electron chi connectivity index (χ1n) is 4.29. The Hall–Kier alpha value is -0.790. The molecule has 0 saturated heterocycles. The lowest BCUT2D eigenvalue weighted by Gasteiger charge is -2.02. The van der Waals surface area contributed by atoms with Crippen LogP contribution in [0, 0.1) is 6.42 Å². The van der Waals surface area contributed by atoms with E-state index >= 15 is 0 Å². The molecular weight excluding hydrogens is 152 g/mol. The summed E-state index contributed by atoms with van der Waals surface area (Å²) in [4.78, 5) is 10.8. The van der Waals surface area contributed by atoms with Crippen LogP contribution < -0.4 is 0 Å². The third-order valence-corrected chi connectivity index (χ3v) is 1.47. The minimum absolute atomic E-state index is 0.282. The van der Waals surface area contributed by atoms with Crippen LogP contribution in [-0.4, -0.2) is 12.6 Å². The first-order chi connectivity index (χ1) is 5.68. The monoisotopic (exact) mass is 169 g/mol. The smallest absolute Gasteiger partial charge is 0.333 e. The summed E-state index contributed by atoms with van der Waals surface area (Å²) in [5.74, 6) is -0.282. The van der Waals surface area contributed by atoms with Gasteiger partial charge in [-0.05, 0) is 26.2 Å². The maximum Gasteiger partial charge on any atom is 0.333 e. The minimum Gasteiger partial charge on any atom is -0.462 e. The Morgan fingerprint density at radius 2 is 2.17 bits per heavy atom. The lowest BCUT2D eigenvalue weighted by atomic mass is 10.2. The molecule has 0 aromatic carbocycles. The molecular formula is C10H17O2. The van der Waals surface area contributed by atoms with Gasteiger partial charge in [-0.25, -0.2) is 4.79 Å². The summed E-state index contributed by atoms with van der Waals surface area (Å²) in [6, 6.07) is 0. The van der Waals surface area contributed by atoms with Gasteiger partial charge in [-0.1, -0.05) is 19.9 Å². The lowest BCUT2D eigenvalue weighted by Crippen LogP contribution is -2.05. The van der Waals surface area contributed by atoms with Gasteiger partial charge in [-0.15, -0.1) is 0 Å². The van der Waals surface area contributed by atoms with E-state index in [1.165, 1.54) is 0 Å². The average molecular weight is 169 g/mol. The van der Waals surface area contributed by atoms with Gasteiger partial charge < -0.3 is 4.74 Å². The van der Waals surface area contributed by atoms with E-state index in [1.807, 2.05) is 6.92 Å². The van der Waals surface area contributed by atoms with Crippen LogP contribution in [0.3, 0.4) is 0 Å². The summed E-state index contributed by atoms with van der Waals surface area (Å²) >= 11 is 0. The van der Waals surface area contributed by atoms with Crippen LogP contribution in [0.4, 0.5) is 0 Å². The molecule has 0 N–H and O–H groups in total. The van der Waals surface area contributed by atoms with E-state index in [2.05, 4.69) is 13.0 Å². The summed E-state index contributed by atoms with van der Waals surface area (Å²) in [7, 11) is 0. The molecule has 2 nitrogen and oxygen atoms in total. The van der Waals surface area contributed by atoms with Crippen LogP contribution in [0.1, 0.15) is 33.1 Å². The molecule has 0 fully saturated rings. The van der Waals surface area contributed by atoms with Gasteiger partial charge in [0.25, 0.3) is 0 Å². The molecule has 0 aliphatic carbocycles. The van der Waals surface area contributed by atoms with E-state index < -0.39 is 0 Å². The van der Waals surface area contributed by atoms with Crippen LogP contribution in [0.15, 0.2) is 12.2 Å². The van der Waals surface area contributed by atoms with Crippen molar-refractivity contribution in [2.24, 2.45) is 0 Å². The number of carbonyl (C=O) groups excluding carboxylic acids is 1. The quantitative estimate of drug-likeness (QED) is 0.347. The zero-order chi connectivity index (χ0) is 9.40. The van der Waals surface area contributed by atoms with E-state index in [-0.39, 0.29) is 5.97 Å². The molecule has 0 amide bonds. The number of rotatable bonds is 6. The van der Waals surface area contributed by atoms with E-state index in [4.69, 9.17) is 4.74 Å². The fourth-order valence-corrected chi connectivity index (χ4v) is 0.739. The SMILES string of the molecule is C=C(C)C(=O)OCCCC[CH]C. The molecule has 1 radical (unpaired) electrons. The number of carbonyl (C=O) groups is 1. The third kappa shape index (κ3) is 5.96. The summed E-state index contributed by atoms with van der Waals surface area (Å²) in [5, 5.41) is 0. The van der Waals surface area contributed by atoms with Crippen molar-refractivity contribution < 1.29 is 9.53 Å². The van der Waals surface area contributed by atoms with Crippen LogP contribution in [0.5, 0.6) is 0 Å². The van der Waals surface area contributed by atoms with Gasteiger partial charge in [0.15, 0.2) is 0 Å². The Balaban J connectivity index is 3.20. The molecule has 0 aliphatic heterocycles. The molecule has 0 atom stereocenters. The van der Waals surface area contributed by atoms with Crippen molar-refractivity contribution in [3.05, 3.63) is 18.6 Å². The molecule has 0 saturated carbocycles. The summed E-state index contributed by atoms with van der Waals surface area (Å²) < 4.78 is 4.90. The Labute approximate surface area is 74.6 Å². The first kappa shape index (κ1) is 11.2. The predicted octanol–water partition coefficient (Wildman–Crippen LogP) is 2.50. The van der Waals surface area contributed by atoms with Crippen LogP contribution >= 0.6 is 0 Å². The highest BCUT2D eigenvalue weighted by Crippen LogP contribution is 1.99. The fraction of sp³-hybridized carbons (Fsp3) is 0.600. The van der Waals surface area contributed by atoms with Crippen LogP contribution in [0.25, 0.3) is 0 Å². The van der Waals surface area contributed by atoms with Gasteiger partial charge in [0.2, 0.25) is 0 Å². The van der Waals surface area contributed by atoms with Crippen molar-refractivity contribution in [2.45, 2.75) is 33.1 Å². The number of ether oxygens (including phenoxy) is 1. The van der Waals surface area contributed by atoms with Gasteiger partial charge in [-0.2, -0.15) is 0 Å². The summed E-state index contributed by atoms with van der Waals surface area (Å²) in [5.41, 5.74) is 0.469. The molecule has 0 aromatic heterocycles. The lowest BCUT2D eigenvalue weighted by molar-refractivity contribution is -0.139. The van der Waals surface area contributed by atoms with Crippen molar-refractivity contribution >= 4 is 5.97 Å². The maximum atomic E-state index is 10.8. The van der Waals surface area contributed by atoms with E-state index in [0.717, 1.165) is 19.3 Å². The van der Waals surface area contributed by atoms with Gasteiger partial charge in [0.1, 0.15) is 0 Å². The molecule has 2 heteroatoms. The van der Waals surface area contributed by atoms with Gasteiger partial charge >= 0.3 is 5.97 Å². The van der Waals surface area contributed by atoms with E-state index in [1.54, 1.807) is 6.92 Å². The van der Waals surface area contributed by atoms with Gasteiger partial charge in [0.05, 0.1) is 6.61 Å². The second-order valence-electron chi connectivity index (χ2n) is 2.82.